The third-order valence-electron chi connectivity index (χ3n) is 8.63. The summed E-state index contributed by atoms with van der Waals surface area (Å²) in [5.41, 5.74) is 4.59. The number of piperazine rings is 1. The Morgan fingerprint density at radius 1 is 1.05 bits per heavy atom. The van der Waals surface area contributed by atoms with Crippen molar-refractivity contribution in [3.63, 3.8) is 0 Å². The number of aryl methyl sites for hydroxylation is 1. The molecule has 4 heterocycles. The highest BCUT2D eigenvalue weighted by Crippen LogP contribution is 2.35. The predicted molar refractivity (Wildman–Crippen MR) is 156 cm³/mol. The molecular weight excluding hydrogens is 507 g/mol. The average molecular weight is 545 g/mol. The zero-order chi connectivity index (χ0) is 27.8. The van der Waals surface area contributed by atoms with Crippen LogP contribution >= 0.6 is 0 Å². The van der Waals surface area contributed by atoms with E-state index in [1.165, 1.54) is 26.9 Å². The van der Waals surface area contributed by atoms with Crippen molar-refractivity contribution in [1.29, 1.82) is 0 Å². The van der Waals surface area contributed by atoms with Gasteiger partial charge in [-0.05, 0) is 43.3 Å². The van der Waals surface area contributed by atoms with Gasteiger partial charge in [-0.25, -0.2) is 4.39 Å². The molecule has 1 amide bonds. The third-order valence-corrected chi connectivity index (χ3v) is 8.63. The predicted octanol–water partition coefficient (Wildman–Crippen LogP) is 4.11. The molecule has 3 aliphatic heterocycles. The molecule has 1 atom stereocenters. The molecule has 3 aromatic rings. The van der Waals surface area contributed by atoms with Crippen LogP contribution in [0, 0.1) is 6.92 Å². The lowest BCUT2D eigenvalue weighted by atomic mass is 9.99. The number of benzene rings is 2. The third kappa shape index (κ3) is 4.98. The van der Waals surface area contributed by atoms with Crippen LogP contribution in [0.5, 0.6) is 6.01 Å². The van der Waals surface area contributed by atoms with Gasteiger partial charge in [-0.2, -0.15) is 9.97 Å². The number of halogens is 1. The first kappa shape index (κ1) is 26.5. The van der Waals surface area contributed by atoms with Crippen LogP contribution in [0.2, 0.25) is 0 Å². The lowest BCUT2D eigenvalue weighted by molar-refractivity contribution is -0.128. The van der Waals surface area contributed by atoms with E-state index in [4.69, 9.17) is 14.7 Å². The number of ether oxygens (including phenoxy) is 1. The maximum absolute atomic E-state index is 13.5. The van der Waals surface area contributed by atoms with E-state index < -0.39 is 11.7 Å². The highest BCUT2D eigenvalue weighted by molar-refractivity contribution is 5.97. The van der Waals surface area contributed by atoms with Gasteiger partial charge in [0.2, 0.25) is 0 Å². The van der Waals surface area contributed by atoms with Crippen molar-refractivity contribution >= 4 is 28.2 Å². The minimum absolute atomic E-state index is 0.395. The minimum atomic E-state index is -0.913. The zero-order valence-corrected chi connectivity index (χ0v) is 23.4. The summed E-state index contributed by atoms with van der Waals surface area (Å²) >= 11 is 0. The van der Waals surface area contributed by atoms with E-state index in [0.29, 0.717) is 51.4 Å². The van der Waals surface area contributed by atoms with Gasteiger partial charge in [0.15, 0.2) is 5.83 Å². The van der Waals surface area contributed by atoms with Gasteiger partial charge in [-0.3, -0.25) is 9.69 Å². The molecule has 9 heteroatoms. The molecule has 0 radical (unpaired) electrons. The normalized spacial score (nSPS) is 19.4. The van der Waals surface area contributed by atoms with Crippen molar-refractivity contribution in [1.82, 2.24) is 19.8 Å². The Kier molecular flexibility index (Phi) is 7.31. The summed E-state index contributed by atoms with van der Waals surface area (Å²) in [5.74, 6) is -0.666. The number of amides is 1. The molecule has 0 N–H and O–H groups in total. The van der Waals surface area contributed by atoms with Gasteiger partial charge in [-0.1, -0.05) is 43.8 Å². The number of nitrogens with zero attached hydrogens (tertiary/aromatic N) is 6. The summed E-state index contributed by atoms with van der Waals surface area (Å²) in [6, 6.07) is 13.7. The molecule has 2 aromatic carbocycles. The molecule has 0 aliphatic carbocycles. The number of fused-ring (bicyclic) bond motifs is 2. The van der Waals surface area contributed by atoms with Gasteiger partial charge in [0.25, 0.3) is 5.91 Å². The smallest absolute Gasteiger partial charge is 0.318 e. The van der Waals surface area contributed by atoms with Crippen molar-refractivity contribution in [2.75, 3.05) is 62.2 Å². The molecule has 1 aromatic heterocycles. The Labute approximate surface area is 235 Å². The summed E-state index contributed by atoms with van der Waals surface area (Å²) in [6.45, 7) is 13.7. The number of carbonyl (C=O) groups is 1. The maximum Gasteiger partial charge on any atom is 0.318 e. The van der Waals surface area contributed by atoms with E-state index >= 15 is 0 Å². The second-order valence-corrected chi connectivity index (χ2v) is 10.9. The fourth-order valence-electron chi connectivity index (χ4n) is 6.25. The SMILES string of the molecule is C=C(F)C(=O)N1CCN(c2nc(OCC3CCN3CC)nc3c2CCN(c2cccc4cccc(C)c24)C3)CC1. The first-order valence-corrected chi connectivity index (χ1v) is 14.3. The highest BCUT2D eigenvalue weighted by atomic mass is 19.1. The number of likely N-dealkylation sites (N-methyl/N-ethyl adjacent to an activating group) is 1. The molecule has 0 bridgehead atoms. The van der Waals surface area contributed by atoms with Crippen molar-refractivity contribution in [3.05, 3.63) is 65.6 Å². The first-order valence-electron chi connectivity index (χ1n) is 14.3. The second-order valence-electron chi connectivity index (χ2n) is 10.9. The number of rotatable bonds is 7. The van der Waals surface area contributed by atoms with Crippen LogP contribution in [0.3, 0.4) is 0 Å². The van der Waals surface area contributed by atoms with E-state index in [1.54, 1.807) is 0 Å². The van der Waals surface area contributed by atoms with Crippen LogP contribution in [0.25, 0.3) is 10.8 Å². The van der Waals surface area contributed by atoms with Gasteiger partial charge < -0.3 is 19.4 Å². The van der Waals surface area contributed by atoms with E-state index in [0.717, 1.165) is 49.6 Å². The first-order chi connectivity index (χ1) is 19.4. The Morgan fingerprint density at radius 3 is 2.52 bits per heavy atom. The van der Waals surface area contributed by atoms with Crippen LogP contribution < -0.4 is 14.5 Å². The molecule has 6 rings (SSSR count). The summed E-state index contributed by atoms with van der Waals surface area (Å²) < 4.78 is 19.7. The molecule has 2 saturated heterocycles. The molecule has 2 fully saturated rings. The number of hydrogen-bond donors (Lipinski definition) is 0. The van der Waals surface area contributed by atoms with Crippen LogP contribution in [0.1, 0.15) is 30.2 Å². The number of likely N-dealkylation sites (tertiary alicyclic amines) is 1. The summed E-state index contributed by atoms with van der Waals surface area (Å²) in [7, 11) is 0. The fourth-order valence-corrected chi connectivity index (χ4v) is 6.25. The van der Waals surface area contributed by atoms with Gasteiger partial charge >= 0.3 is 6.01 Å². The Morgan fingerprint density at radius 2 is 1.82 bits per heavy atom. The number of hydrogen-bond acceptors (Lipinski definition) is 7. The van der Waals surface area contributed by atoms with Crippen molar-refractivity contribution in [3.8, 4) is 6.01 Å². The zero-order valence-electron chi connectivity index (χ0n) is 23.4. The van der Waals surface area contributed by atoms with E-state index in [2.05, 4.69) is 71.5 Å². The van der Waals surface area contributed by atoms with Crippen molar-refractivity contribution < 1.29 is 13.9 Å². The number of aromatic nitrogens is 2. The summed E-state index contributed by atoms with van der Waals surface area (Å²) in [6.07, 6.45) is 1.93. The van der Waals surface area contributed by atoms with Crippen LogP contribution in [-0.2, 0) is 17.8 Å². The van der Waals surface area contributed by atoms with E-state index in [-0.39, 0.29) is 0 Å². The van der Waals surface area contributed by atoms with Crippen LogP contribution in [-0.4, -0.2) is 84.1 Å². The number of carbonyl (C=O) groups excluding carboxylic acids is 1. The topological polar surface area (TPSA) is 65.0 Å². The van der Waals surface area contributed by atoms with Gasteiger partial charge in [0.1, 0.15) is 12.4 Å². The highest BCUT2D eigenvalue weighted by Gasteiger charge is 2.31. The molecule has 3 aliphatic rings. The summed E-state index contributed by atoms with van der Waals surface area (Å²) in [4.78, 5) is 30.5. The molecule has 40 heavy (non-hydrogen) atoms. The van der Waals surface area contributed by atoms with E-state index in [9.17, 15) is 9.18 Å². The van der Waals surface area contributed by atoms with Gasteiger partial charge in [0, 0.05) is 61.9 Å². The maximum atomic E-state index is 13.5. The second kappa shape index (κ2) is 11.0. The Balaban J connectivity index is 1.30. The largest absolute Gasteiger partial charge is 0.462 e. The quantitative estimate of drug-likeness (QED) is 0.415. The van der Waals surface area contributed by atoms with E-state index in [1.807, 2.05) is 0 Å². The van der Waals surface area contributed by atoms with Gasteiger partial charge in [0.05, 0.1) is 12.2 Å². The minimum Gasteiger partial charge on any atom is -0.462 e. The van der Waals surface area contributed by atoms with Crippen molar-refractivity contribution in [2.45, 2.75) is 39.3 Å². The fraction of sp³-hybridized carbons (Fsp3) is 0.452. The summed E-state index contributed by atoms with van der Waals surface area (Å²) in [5, 5.41) is 2.51. The molecule has 8 nitrogen and oxygen atoms in total. The Hall–Kier alpha value is -3.72. The van der Waals surface area contributed by atoms with Crippen LogP contribution in [0.4, 0.5) is 15.9 Å². The Bertz CT molecular complexity index is 1430. The molecule has 210 valence electrons. The molecule has 0 spiro atoms. The van der Waals surface area contributed by atoms with Crippen LogP contribution in [0.15, 0.2) is 48.8 Å². The average Bonchev–Trinajstić information content (AvgIpc) is 2.95. The van der Waals surface area contributed by atoms with Crippen molar-refractivity contribution in [2.24, 2.45) is 0 Å². The standard InChI is InChI=1S/C31H37FN6O2/c1-4-35-13-11-24(35)20-40-31-33-26-19-38(27-10-6-9-23-8-5-7-21(2)28(23)27)14-12-25(26)29(34-31)36-15-17-37(18-16-36)30(39)22(3)32/h5-10,24H,3-4,11-20H2,1-2H3. The monoisotopic (exact) mass is 544 g/mol. The number of anilines is 2. The lowest BCUT2D eigenvalue weighted by Gasteiger charge is -2.40. The van der Waals surface area contributed by atoms with Gasteiger partial charge in [-0.15, -0.1) is 0 Å². The molecule has 1 unspecified atom stereocenters. The molecular formula is C31H37FN6O2. The lowest BCUT2D eigenvalue weighted by Crippen LogP contribution is -2.50. The molecule has 0 saturated carbocycles.